The van der Waals surface area contributed by atoms with Crippen LogP contribution in [0.2, 0.25) is 0 Å². The molecule has 0 radical (unpaired) electrons. The molecule has 1 aromatic carbocycles. The first-order valence-electron chi connectivity index (χ1n) is 6.07. The Bertz CT molecular complexity index is 573. The van der Waals surface area contributed by atoms with Gasteiger partial charge in [-0.2, -0.15) is 5.10 Å². The minimum absolute atomic E-state index is 0.698. The zero-order valence-electron chi connectivity index (χ0n) is 11.3. The summed E-state index contributed by atoms with van der Waals surface area (Å²) in [4.78, 5) is 0. The van der Waals surface area contributed by atoms with Gasteiger partial charge in [0.2, 0.25) is 0 Å². The third-order valence-corrected chi connectivity index (χ3v) is 3.26. The van der Waals surface area contributed by atoms with Crippen molar-refractivity contribution in [2.45, 2.75) is 27.2 Å². The van der Waals surface area contributed by atoms with E-state index in [0.717, 1.165) is 29.2 Å². The number of ether oxygens (including phenoxy) is 1. The maximum atomic E-state index is 6.03. The Morgan fingerprint density at radius 3 is 2.61 bits per heavy atom. The normalized spacial score (nSPS) is 10.7. The smallest absolute Gasteiger partial charge is 0.121 e. The van der Waals surface area contributed by atoms with Crippen LogP contribution < -0.4 is 10.5 Å². The molecule has 0 fully saturated rings. The molecule has 4 nitrogen and oxygen atoms in total. The lowest BCUT2D eigenvalue weighted by Gasteiger charge is -2.10. The molecule has 0 aliphatic carbocycles. The van der Waals surface area contributed by atoms with Crippen LogP contribution in [-0.4, -0.2) is 16.9 Å². The van der Waals surface area contributed by atoms with E-state index in [1.807, 2.05) is 29.8 Å². The summed E-state index contributed by atoms with van der Waals surface area (Å²) in [5, 5.41) is 4.57. The zero-order valence-corrected chi connectivity index (χ0v) is 11.3. The third kappa shape index (κ3) is 1.94. The molecule has 2 rings (SSSR count). The SMILES string of the molecule is CCc1c(C)nn(-c2cc(OC)ccc2N)c1C. The molecule has 0 atom stereocenters. The van der Waals surface area contributed by atoms with Gasteiger partial charge in [0.15, 0.2) is 0 Å². The molecule has 96 valence electrons. The van der Waals surface area contributed by atoms with Gasteiger partial charge in [-0.1, -0.05) is 6.92 Å². The molecule has 1 aromatic heterocycles. The second-order valence-corrected chi connectivity index (χ2v) is 4.34. The van der Waals surface area contributed by atoms with E-state index in [0.29, 0.717) is 5.69 Å². The maximum Gasteiger partial charge on any atom is 0.121 e. The van der Waals surface area contributed by atoms with E-state index < -0.39 is 0 Å². The van der Waals surface area contributed by atoms with Gasteiger partial charge in [0.05, 0.1) is 24.2 Å². The van der Waals surface area contributed by atoms with Crippen molar-refractivity contribution in [1.29, 1.82) is 0 Å². The number of anilines is 1. The molecule has 0 spiro atoms. The molecule has 0 bridgehead atoms. The van der Waals surface area contributed by atoms with E-state index >= 15 is 0 Å². The molecule has 2 aromatic rings. The minimum Gasteiger partial charge on any atom is -0.497 e. The number of hydrogen-bond acceptors (Lipinski definition) is 3. The Morgan fingerprint density at radius 2 is 2.06 bits per heavy atom. The Labute approximate surface area is 107 Å². The summed E-state index contributed by atoms with van der Waals surface area (Å²) in [6, 6.07) is 5.61. The van der Waals surface area contributed by atoms with Gasteiger partial charge in [0.25, 0.3) is 0 Å². The molecule has 0 amide bonds. The summed E-state index contributed by atoms with van der Waals surface area (Å²) in [5.74, 6) is 0.782. The quantitative estimate of drug-likeness (QED) is 0.846. The van der Waals surface area contributed by atoms with E-state index in [9.17, 15) is 0 Å². The first-order chi connectivity index (χ1) is 8.58. The lowest BCUT2D eigenvalue weighted by Crippen LogP contribution is -2.04. The second-order valence-electron chi connectivity index (χ2n) is 4.34. The van der Waals surface area contributed by atoms with Gasteiger partial charge in [-0.3, -0.25) is 0 Å². The van der Waals surface area contributed by atoms with Gasteiger partial charge in [0.1, 0.15) is 5.75 Å². The van der Waals surface area contributed by atoms with Crippen LogP contribution in [-0.2, 0) is 6.42 Å². The predicted octanol–water partition coefficient (Wildman–Crippen LogP) is 2.64. The van der Waals surface area contributed by atoms with E-state index in [4.69, 9.17) is 10.5 Å². The highest BCUT2D eigenvalue weighted by Gasteiger charge is 2.13. The number of aromatic nitrogens is 2. The summed E-state index contributed by atoms with van der Waals surface area (Å²) in [7, 11) is 1.65. The Hall–Kier alpha value is -1.97. The van der Waals surface area contributed by atoms with Gasteiger partial charge >= 0.3 is 0 Å². The van der Waals surface area contributed by atoms with E-state index in [2.05, 4.69) is 18.9 Å². The third-order valence-electron chi connectivity index (χ3n) is 3.26. The number of nitrogen functional groups attached to an aromatic ring is 1. The van der Waals surface area contributed by atoms with Crippen molar-refractivity contribution in [2.24, 2.45) is 0 Å². The molecule has 1 heterocycles. The summed E-state index contributed by atoms with van der Waals surface area (Å²) < 4.78 is 7.13. The van der Waals surface area contributed by atoms with Crippen molar-refractivity contribution >= 4 is 5.69 Å². The number of methoxy groups -OCH3 is 1. The molecule has 0 saturated carbocycles. The largest absolute Gasteiger partial charge is 0.497 e. The average Bonchev–Trinajstić information content (AvgIpc) is 2.65. The van der Waals surface area contributed by atoms with Crippen molar-refractivity contribution in [3.63, 3.8) is 0 Å². The summed E-state index contributed by atoms with van der Waals surface area (Å²) in [6.07, 6.45) is 0.974. The van der Waals surface area contributed by atoms with E-state index in [-0.39, 0.29) is 0 Å². The number of nitrogens with zero attached hydrogens (tertiary/aromatic N) is 2. The molecule has 0 unspecified atom stereocenters. The van der Waals surface area contributed by atoms with Gasteiger partial charge in [-0.25, -0.2) is 4.68 Å². The van der Waals surface area contributed by atoms with Crippen molar-refractivity contribution in [3.05, 3.63) is 35.2 Å². The van der Waals surface area contributed by atoms with Crippen LogP contribution in [0.3, 0.4) is 0 Å². The standard InChI is InChI=1S/C14H19N3O/c1-5-12-9(2)16-17(10(12)3)14-8-11(18-4)6-7-13(14)15/h6-8H,5,15H2,1-4H3. The summed E-state index contributed by atoms with van der Waals surface area (Å²) in [5.41, 5.74) is 11.1. The van der Waals surface area contributed by atoms with Gasteiger partial charge in [0, 0.05) is 11.8 Å². The van der Waals surface area contributed by atoms with Crippen molar-refractivity contribution in [3.8, 4) is 11.4 Å². The number of hydrogen-bond donors (Lipinski definition) is 1. The zero-order chi connectivity index (χ0) is 13.3. The van der Waals surface area contributed by atoms with Crippen LogP contribution >= 0.6 is 0 Å². The molecular formula is C14H19N3O. The fraction of sp³-hybridized carbons (Fsp3) is 0.357. The van der Waals surface area contributed by atoms with E-state index in [1.165, 1.54) is 5.56 Å². The monoisotopic (exact) mass is 245 g/mol. The highest BCUT2D eigenvalue weighted by molar-refractivity contribution is 5.61. The van der Waals surface area contributed by atoms with E-state index in [1.54, 1.807) is 7.11 Å². The fourth-order valence-electron chi connectivity index (χ4n) is 2.26. The molecular weight excluding hydrogens is 226 g/mol. The van der Waals surface area contributed by atoms with Gasteiger partial charge < -0.3 is 10.5 Å². The summed E-state index contributed by atoms with van der Waals surface area (Å²) >= 11 is 0. The number of rotatable bonds is 3. The maximum absolute atomic E-state index is 6.03. The number of benzene rings is 1. The molecule has 0 saturated heterocycles. The Morgan fingerprint density at radius 1 is 1.33 bits per heavy atom. The first kappa shape index (κ1) is 12.5. The van der Waals surface area contributed by atoms with Crippen LogP contribution in [0.15, 0.2) is 18.2 Å². The van der Waals surface area contributed by atoms with Crippen molar-refractivity contribution in [2.75, 3.05) is 12.8 Å². The van der Waals surface area contributed by atoms with Crippen molar-refractivity contribution < 1.29 is 4.74 Å². The fourth-order valence-corrected chi connectivity index (χ4v) is 2.26. The minimum atomic E-state index is 0.698. The van der Waals surface area contributed by atoms with Crippen LogP contribution in [0, 0.1) is 13.8 Å². The number of nitrogens with two attached hydrogens (primary N) is 1. The van der Waals surface area contributed by atoms with Gasteiger partial charge in [-0.15, -0.1) is 0 Å². The lowest BCUT2D eigenvalue weighted by molar-refractivity contribution is 0.414. The van der Waals surface area contributed by atoms with Crippen LogP contribution in [0.1, 0.15) is 23.9 Å². The molecule has 2 N–H and O–H groups in total. The molecule has 0 aliphatic heterocycles. The Balaban J connectivity index is 2.61. The molecule has 18 heavy (non-hydrogen) atoms. The first-order valence-corrected chi connectivity index (χ1v) is 6.07. The van der Waals surface area contributed by atoms with Gasteiger partial charge in [-0.05, 0) is 38.0 Å². The highest BCUT2D eigenvalue weighted by atomic mass is 16.5. The van der Waals surface area contributed by atoms with Crippen LogP contribution in [0.5, 0.6) is 5.75 Å². The lowest BCUT2D eigenvalue weighted by atomic mass is 10.1. The second kappa shape index (κ2) is 4.72. The average molecular weight is 245 g/mol. The predicted molar refractivity (Wildman–Crippen MR) is 73.4 cm³/mol. The van der Waals surface area contributed by atoms with Crippen LogP contribution in [0.4, 0.5) is 5.69 Å². The highest BCUT2D eigenvalue weighted by Crippen LogP contribution is 2.26. The van der Waals surface area contributed by atoms with Crippen molar-refractivity contribution in [1.82, 2.24) is 9.78 Å². The Kier molecular flexibility index (Phi) is 3.28. The molecule has 0 aliphatic rings. The number of aryl methyl sites for hydroxylation is 1. The molecule has 4 heteroatoms. The van der Waals surface area contributed by atoms with Crippen LogP contribution in [0.25, 0.3) is 5.69 Å². The topological polar surface area (TPSA) is 53.1 Å². The summed E-state index contributed by atoms with van der Waals surface area (Å²) in [6.45, 7) is 6.23.